The molecule has 0 amide bonds. The Morgan fingerprint density at radius 2 is 2.32 bits per heavy atom. The maximum atomic E-state index is 10.9. The van der Waals surface area contributed by atoms with Crippen LogP contribution in [0.15, 0.2) is 41.9 Å². The topological polar surface area (TPSA) is 59.3 Å². The Labute approximate surface area is 128 Å². The predicted molar refractivity (Wildman–Crippen MR) is 78.7 cm³/mol. The van der Waals surface area contributed by atoms with Crippen LogP contribution in [0.25, 0.3) is 0 Å². The van der Waals surface area contributed by atoms with Gasteiger partial charge in [-0.25, -0.2) is 0 Å². The second-order valence-electron chi connectivity index (χ2n) is 6.06. The largest absolute Gasteiger partial charge is 0.493 e. The molecule has 4 nitrogen and oxygen atoms in total. The molecular formula is C18H15NO3. The molecule has 0 radical (unpaired) electrons. The molecule has 1 aliphatic heterocycles. The second-order valence-corrected chi connectivity index (χ2v) is 6.06. The van der Waals surface area contributed by atoms with E-state index in [0.29, 0.717) is 17.4 Å². The fraction of sp³-hybridized carbons (Fsp3) is 0.333. The number of nitriles is 1. The lowest BCUT2D eigenvalue weighted by atomic mass is 9.93. The third-order valence-electron chi connectivity index (χ3n) is 4.71. The summed E-state index contributed by atoms with van der Waals surface area (Å²) >= 11 is 0. The number of aryl methyl sites for hydroxylation is 1. The van der Waals surface area contributed by atoms with Gasteiger partial charge in [0.05, 0.1) is 17.6 Å². The number of ether oxygens (including phenoxy) is 2. The van der Waals surface area contributed by atoms with Crippen molar-refractivity contribution in [2.45, 2.75) is 19.4 Å². The first-order valence-electron chi connectivity index (χ1n) is 7.43. The van der Waals surface area contributed by atoms with Gasteiger partial charge in [0.1, 0.15) is 29.7 Å². The lowest BCUT2D eigenvalue weighted by molar-refractivity contribution is -0.110. The molecule has 4 heteroatoms. The van der Waals surface area contributed by atoms with Gasteiger partial charge in [-0.3, -0.25) is 0 Å². The Morgan fingerprint density at radius 1 is 1.45 bits per heavy atom. The molecule has 0 aromatic heterocycles. The molecule has 22 heavy (non-hydrogen) atoms. The van der Waals surface area contributed by atoms with E-state index in [4.69, 9.17) is 14.7 Å². The third-order valence-corrected chi connectivity index (χ3v) is 4.71. The van der Waals surface area contributed by atoms with E-state index in [2.05, 4.69) is 12.1 Å². The van der Waals surface area contributed by atoms with Gasteiger partial charge < -0.3 is 14.3 Å². The van der Waals surface area contributed by atoms with E-state index in [1.54, 1.807) is 6.07 Å². The molecule has 0 N–H and O–H groups in total. The van der Waals surface area contributed by atoms with Crippen molar-refractivity contribution in [3.8, 4) is 11.8 Å². The summed E-state index contributed by atoms with van der Waals surface area (Å²) in [6.07, 6.45) is 5.93. The molecule has 4 rings (SSSR count). The van der Waals surface area contributed by atoms with Crippen molar-refractivity contribution in [1.29, 1.82) is 5.26 Å². The fourth-order valence-electron chi connectivity index (χ4n) is 3.47. The van der Waals surface area contributed by atoms with Gasteiger partial charge in [0, 0.05) is 17.9 Å². The normalized spacial score (nSPS) is 30.9. The van der Waals surface area contributed by atoms with Gasteiger partial charge in [0.2, 0.25) is 0 Å². The zero-order chi connectivity index (χ0) is 15.3. The molecule has 2 aliphatic carbocycles. The fourth-order valence-corrected chi connectivity index (χ4v) is 3.47. The van der Waals surface area contributed by atoms with Gasteiger partial charge >= 0.3 is 0 Å². The van der Waals surface area contributed by atoms with Crippen LogP contribution in [-0.2, 0) is 9.53 Å². The van der Waals surface area contributed by atoms with E-state index in [-0.39, 0.29) is 12.0 Å². The van der Waals surface area contributed by atoms with E-state index in [0.717, 1.165) is 35.5 Å². The molecule has 2 fully saturated rings. The monoisotopic (exact) mass is 293 g/mol. The summed E-state index contributed by atoms with van der Waals surface area (Å²) in [5.41, 5.74) is 1.55. The molecule has 0 spiro atoms. The van der Waals surface area contributed by atoms with Gasteiger partial charge in [-0.15, -0.1) is 0 Å². The number of allylic oxidation sites excluding steroid dienone is 3. The Kier molecular flexibility index (Phi) is 2.83. The highest BCUT2D eigenvalue weighted by molar-refractivity contribution is 5.62. The van der Waals surface area contributed by atoms with Crippen LogP contribution in [0, 0.1) is 36.0 Å². The van der Waals surface area contributed by atoms with Crippen molar-refractivity contribution in [3.63, 3.8) is 0 Å². The number of nitrogens with zero attached hydrogens (tertiary/aromatic N) is 1. The molecule has 1 saturated heterocycles. The number of aldehydes is 1. The molecule has 1 unspecified atom stereocenters. The summed E-state index contributed by atoms with van der Waals surface area (Å²) < 4.78 is 11.8. The van der Waals surface area contributed by atoms with Crippen LogP contribution in [0.2, 0.25) is 0 Å². The Bertz CT molecular complexity index is 756. The molecule has 1 aromatic carbocycles. The second kappa shape index (κ2) is 4.74. The molecular weight excluding hydrogens is 278 g/mol. The van der Waals surface area contributed by atoms with Gasteiger partial charge in [0.25, 0.3) is 0 Å². The highest BCUT2D eigenvalue weighted by Crippen LogP contribution is 2.58. The van der Waals surface area contributed by atoms with E-state index >= 15 is 0 Å². The van der Waals surface area contributed by atoms with E-state index in [1.807, 2.05) is 25.1 Å². The predicted octanol–water partition coefficient (Wildman–Crippen LogP) is 2.88. The molecule has 3 aliphatic rings. The van der Waals surface area contributed by atoms with Gasteiger partial charge in [-0.05, 0) is 43.2 Å². The number of benzene rings is 1. The SMILES string of the molecule is Cc1cc(C#N)ccc1OC1=CCC2C(=C1)O[C@H]1[C@H](C=O)[C@@H]21. The van der Waals surface area contributed by atoms with Crippen molar-refractivity contribution >= 4 is 6.29 Å². The summed E-state index contributed by atoms with van der Waals surface area (Å²) in [5, 5.41) is 8.89. The number of rotatable bonds is 3. The van der Waals surface area contributed by atoms with Crippen LogP contribution in [-0.4, -0.2) is 12.4 Å². The van der Waals surface area contributed by atoms with Gasteiger partial charge in [-0.2, -0.15) is 5.26 Å². The van der Waals surface area contributed by atoms with Crippen LogP contribution in [0.1, 0.15) is 17.5 Å². The van der Waals surface area contributed by atoms with Gasteiger partial charge in [0.15, 0.2) is 0 Å². The zero-order valence-corrected chi connectivity index (χ0v) is 12.2. The number of hydrogen-bond donors (Lipinski definition) is 0. The lowest BCUT2D eigenvalue weighted by Crippen LogP contribution is -2.12. The summed E-state index contributed by atoms with van der Waals surface area (Å²) in [4.78, 5) is 10.9. The van der Waals surface area contributed by atoms with Crippen molar-refractivity contribution in [2.24, 2.45) is 17.8 Å². The van der Waals surface area contributed by atoms with Crippen molar-refractivity contribution < 1.29 is 14.3 Å². The minimum absolute atomic E-state index is 0.0816. The lowest BCUT2D eigenvalue weighted by Gasteiger charge is -2.20. The molecule has 4 atom stereocenters. The number of fused-ring (bicyclic) bond motifs is 3. The van der Waals surface area contributed by atoms with Crippen LogP contribution < -0.4 is 4.74 Å². The maximum Gasteiger partial charge on any atom is 0.130 e. The quantitative estimate of drug-likeness (QED) is 0.804. The van der Waals surface area contributed by atoms with Gasteiger partial charge in [-0.1, -0.05) is 0 Å². The first-order valence-corrected chi connectivity index (χ1v) is 7.43. The van der Waals surface area contributed by atoms with E-state index < -0.39 is 0 Å². The van der Waals surface area contributed by atoms with Crippen molar-refractivity contribution in [1.82, 2.24) is 0 Å². The summed E-state index contributed by atoms with van der Waals surface area (Å²) in [6.45, 7) is 1.92. The Hall–Kier alpha value is -2.54. The Balaban J connectivity index is 1.50. The Morgan fingerprint density at radius 3 is 3.05 bits per heavy atom. The molecule has 0 bridgehead atoms. The minimum atomic E-state index is 0.0816. The average molecular weight is 293 g/mol. The average Bonchev–Trinajstić information content (AvgIpc) is 3.09. The standard InChI is InChI=1S/C18H15NO3/c1-10-6-11(8-19)2-5-15(10)21-12-3-4-13-16(7-12)22-18-14(9-20)17(13)18/h2-3,5-7,9,13-14,17-18H,4H2,1H3/t13?,14-,17-,18+/m1/s1. The van der Waals surface area contributed by atoms with Crippen LogP contribution in [0.5, 0.6) is 5.75 Å². The molecule has 110 valence electrons. The number of carbonyl (C=O) groups excluding carboxylic acids is 1. The van der Waals surface area contributed by atoms with Crippen LogP contribution >= 0.6 is 0 Å². The van der Waals surface area contributed by atoms with Crippen LogP contribution in [0.3, 0.4) is 0 Å². The number of carbonyl (C=O) groups is 1. The minimum Gasteiger partial charge on any atom is -0.493 e. The first kappa shape index (κ1) is 13.1. The summed E-state index contributed by atoms with van der Waals surface area (Å²) in [6, 6.07) is 7.49. The smallest absolute Gasteiger partial charge is 0.130 e. The van der Waals surface area contributed by atoms with E-state index in [9.17, 15) is 4.79 Å². The van der Waals surface area contributed by atoms with Crippen LogP contribution in [0.4, 0.5) is 0 Å². The summed E-state index contributed by atoms with van der Waals surface area (Å²) in [5.74, 6) is 3.22. The van der Waals surface area contributed by atoms with E-state index in [1.165, 1.54) is 0 Å². The molecule has 1 aromatic rings. The number of hydrogen-bond acceptors (Lipinski definition) is 4. The third kappa shape index (κ3) is 1.93. The van der Waals surface area contributed by atoms with Crippen molar-refractivity contribution in [3.05, 3.63) is 53.0 Å². The molecule has 1 saturated carbocycles. The molecule has 1 heterocycles. The first-order chi connectivity index (χ1) is 10.7. The highest BCUT2D eigenvalue weighted by Gasteiger charge is 2.62. The van der Waals surface area contributed by atoms with Crippen molar-refractivity contribution in [2.75, 3.05) is 0 Å². The highest BCUT2D eigenvalue weighted by atomic mass is 16.5. The zero-order valence-electron chi connectivity index (χ0n) is 12.2. The summed E-state index contributed by atoms with van der Waals surface area (Å²) in [7, 11) is 0. The maximum absolute atomic E-state index is 10.9.